The molecule has 2 aromatic rings. The highest BCUT2D eigenvalue weighted by molar-refractivity contribution is 5.29. The van der Waals surface area contributed by atoms with Crippen molar-refractivity contribution in [3.05, 3.63) is 41.9 Å². The average Bonchev–Trinajstić information content (AvgIpc) is 2.56. The van der Waals surface area contributed by atoms with Crippen LogP contribution in [0.25, 0.3) is 0 Å². The first-order valence-electron chi connectivity index (χ1n) is 4.44. The molecule has 2 aromatic heterocycles. The molecule has 0 atom stereocenters. The highest BCUT2D eigenvalue weighted by atomic mass is 15.3. The maximum atomic E-state index is 5.50. The smallest absolute Gasteiger partial charge is 0.123 e. The van der Waals surface area contributed by atoms with Crippen molar-refractivity contribution in [2.24, 2.45) is 0 Å². The molecule has 0 spiro atoms. The number of aryl methyl sites for hydroxylation is 1. The van der Waals surface area contributed by atoms with E-state index in [0.29, 0.717) is 5.82 Å². The molecule has 0 saturated heterocycles. The van der Waals surface area contributed by atoms with E-state index < -0.39 is 0 Å². The summed E-state index contributed by atoms with van der Waals surface area (Å²) in [4.78, 5) is 4.03. The van der Waals surface area contributed by atoms with Gasteiger partial charge in [0.05, 0.1) is 6.54 Å². The molecule has 14 heavy (non-hydrogen) atoms. The van der Waals surface area contributed by atoms with Crippen molar-refractivity contribution in [1.29, 1.82) is 0 Å². The molecule has 0 amide bonds. The zero-order chi connectivity index (χ0) is 9.97. The molecular formula is C10H12N4. The summed E-state index contributed by atoms with van der Waals surface area (Å²) in [6.45, 7) is 2.77. The number of aromatic nitrogens is 3. The molecule has 0 aliphatic rings. The lowest BCUT2D eigenvalue weighted by molar-refractivity contribution is 0.663. The third-order valence-electron chi connectivity index (χ3n) is 2.11. The van der Waals surface area contributed by atoms with Crippen LogP contribution >= 0.6 is 0 Å². The summed E-state index contributed by atoms with van der Waals surface area (Å²) in [5.74, 6) is 0.547. The maximum absolute atomic E-state index is 5.50. The van der Waals surface area contributed by atoms with E-state index in [1.54, 1.807) is 18.5 Å². The summed E-state index contributed by atoms with van der Waals surface area (Å²) < 4.78 is 1.92. The molecule has 72 valence electrons. The molecule has 2 heterocycles. The molecule has 0 unspecified atom stereocenters. The van der Waals surface area contributed by atoms with E-state index in [-0.39, 0.29) is 0 Å². The predicted molar refractivity (Wildman–Crippen MR) is 54.7 cm³/mol. The SMILES string of the molecule is Cc1ccnn1Cc1ccc(N)nc1. The van der Waals surface area contributed by atoms with Crippen LogP contribution < -0.4 is 5.73 Å². The van der Waals surface area contributed by atoms with Gasteiger partial charge in [-0.05, 0) is 24.6 Å². The van der Waals surface area contributed by atoms with Gasteiger partial charge in [0, 0.05) is 18.1 Å². The standard InChI is InChI=1S/C10H12N4/c1-8-4-5-13-14(8)7-9-2-3-10(11)12-6-9/h2-6H,7H2,1H3,(H2,11,12). The Bertz CT molecular complexity index is 416. The Morgan fingerprint density at radius 3 is 2.79 bits per heavy atom. The summed E-state index contributed by atoms with van der Waals surface area (Å²) in [5.41, 5.74) is 7.74. The van der Waals surface area contributed by atoms with Crippen LogP contribution in [0.4, 0.5) is 5.82 Å². The maximum Gasteiger partial charge on any atom is 0.123 e. The van der Waals surface area contributed by atoms with Gasteiger partial charge >= 0.3 is 0 Å². The van der Waals surface area contributed by atoms with E-state index in [9.17, 15) is 0 Å². The number of rotatable bonds is 2. The normalized spacial score (nSPS) is 10.4. The van der Waals surface area contributed by atoms with Crippen LogP contribution in [0.1, 0.15) is 11.3 Å². The first-order valence-corrected chi connectivity index (χ1v) is 4.44. The molecule has 0 saturated carbocycles. The van der Waals surface area contributed by atoms with Crippen molar-refractivity contribution in [3.8, 4) is 0 Å². The van der Waals surface area contributed by atoms with E-state index in [1.165, 1.54) is 0 Å². The topological polar surface area (TPSA) is 56.7 Å². The van der Waals surface area contributed by atoms with E-state index in [1.807, 2.05) is 23.7 Å². The van der Waals surface area contributed by atoms with Crippen LogP contribution in [0.15, 0.2) is 30.6 Å². The second kappa shape index (κ2) is 3.49. The van der Waals surface area contributed by atoms with Gasteiger partial charge in [0.1, 0.15) is 5.82 Å². The molecule has 0 aliphatic heterocycles. The fraction of sp³-hybridized carbons (Fsp3) is 0.200. The first kappa shape index (κ1) is 8.74. The third-order valence-corrected chi connectivity index (χ3v) is 2.11. The zero-order valence-corrected chi connectivity index (χ0v) is 8.01. The number of hydrogen-bond acceptors (Lipinski definition) is 3. The van der Waals surface area contributed by atoms with Gasteiger partial charge < -0.3 is 5.73 Å². The number of pyridine rings is 1. The van der Waals surface area contributed by atoms with Crippen LogP contribution in [0.5, 0.6) is 0 Å². The first-order chi connectivity index (χ1) is 6.75. The van der Waals surface area contributed by atoms with Crippen LogP contribution in [0.2, 0.25) is 0 Å². The number of nitrogen functional groups attached to an aromatic ring is 1. The highest BCUT2D eigenvalue weighted by Crippen LogP contribution is 2.05. The summed E-state index contributed by atoms with van der Waals surface area (Å²) in [6.07, 6.45) is 3.57. The second-order valence-corrected chi connectivity index (χ2v) is 3.22. The van der Waals surface area contributed by atoms with Crippen molar-refractivity contribution in [2.45, 2.75) is 13.5 Å². The molecule has 4 heteroatoms. The molecule has 0 fully saturated rings. The molecule has 0 aliphatic carbocycles. The summed E-state index contributed by atoms with van der Waals surface area (Å²) in [5, 5.41) is 4.19. The quantitative estimate of drug-likeness (QED) is 0.770. The molecule has 2 rings (SSSR count). The third kappa shape index (κ3) is 1.74. The van der Waals surface area contributed by atoms with E-state index in [2.05, 4.69) is 10.1 Å². The van der Waals surface area contributed by atoms with Gasteiger partial charge in [-0.1, -0.05) is 6.07 Å². The molecular weight excluding hydrogens is 176 g/mol. The van der Waals surface area contributed by atoms with Gasteiger partial charge in [-0.2, -0.15) is 5.10 Å². The minimum Gasteiger partial charge on any atom is -0.384 e. The Hall–Kier alpha value is -1.84. The van der Waals surface area contributed by atoms with Crippen molar-refractivity contribution in [2.75, 3.05) is 5.73 Å². The van der Waals surface area contributed by atoms with Gasteiger partial charge in [-0.3, -0.25) is 4.68 Å². The number of nitrogens with two attached hydrogens (primary N) is 1. The minimum absolute atomic E-state index is 0.547. The Kier molecular flexibility index (Phi) is 2.18. The Labute approximate surface area is 82.4 Å². The summed E-state index contributed by atoms with van der Waals surface area (Å²) in [7, 11) is 0. The second-order valence-electron chi connectivity index (χ2n) is 3.22. The van der Waals surface area contributed by atoms with Gasteiger partial charge in [0.15, 0.2) is 0 Å². The van der Waals surface area contributed by atoms with Crippen LogP contribution in [-0.2, 0) is 6.54 Å². The molecule has 0 bridgehead atoms. The molecule has 0 radical (unpaired) electrons. The van der Waals surface area contributed by atoms with E-state index in [0.717, 1.165) is 17.8 Å². The number of hydrogen-bond donors (Lipinski definition) is 1. The zero-order valence-electron chi connectivity index (χ0n) is 8.01. The van der Waals surface area contributed by atoms with Crippen molar-refractivity contribution < 1.29 is 0 Å². The largest absolute Gasteiger partial charge is 0.384 e. The van der Waals surface area contributed by atoms with E-state index in [4.69, 9.17) is 5.73 Å². The monoisotopic (exact) mass is 188 g/mol. The van der Waals surface area contributed by atoms with Crippen molar-refractivity contribution >= 4 is 5.82 Å². The van der Waals surface area contributed by atoms with E-state index >= 15 is 0 Å². The Morgan fingerprint density at radius 1 is 1.36 bits per heavy atom. The lowest BCUT2D eigenvalue weighted by Gasteiger charge is -2.03. The lowest BCUT2D eigenvalue weighted by Crippen LogP contribution is -2.04. The molecule has 2 N–H and O–H groups in total. The van der Waals surface area contributed by atoms with Crippen LogP contribution in [0, 0.1) is 6.92 Å². The van der Waals surface area contributed by atoms with Gasteiger partial charge in [-0.15, -0.1) is 0 Å². The molecule has 0 aromatic carbocycles. The fourth-order valence-corrected chi connectivity index (χ4v) is 1.27. The predicted octanol–water partition coefficient (Wildman–Crippen LogP) is 1.22. The number of anilines is 1. The summed E-state index contributed by atoms with van der Waals surface area (Å²) in [6, 6.07) is 5.74. The van der Waals surface area contributed by atoms with Crippen LogP contribution in [-0.4, -0.2) is 14.8 Å². The van der Waals surface area contributed by atoms with Crippen molar-refractivity contribution in [3.63, 3.8) is 0 Å². The van der Waals surface area contributed by atoms with Gasteiger partial charge in [0.25, 0.3) is 0 Å². The Morgan fingerprint density at radius 2 is 2.21 bits per heavy atom. The van der Waals surface area contributed by atoms with Crippen molar-refractivity contribution in [1.82, 2.24) is 14.8 Å². The highest BCUT2D eigenvalue weighted by Gasteiger charge is 1.98. The van der Waals surface area contributed by atoms with Crippen LogP contribution in [0.3, 0.4) is 0 Å². The Balaban J connectivity index is 2.19. The fourth-order valence-electron chi connectivity index (χ4n) is 1.27. The lowest BCUT2D eigenvalue weighted by atomic mass is 10.3. The minimum atomic E-state index is 0.547. The summed E-state index contributed by atoms with van der Waals surface area (Å²) >= 11 is 0. The average molecular weight is 188 g/mol. The number of nitrogens with zero attached hydrogens (tertiary/aromatic N) is 3. The van der Waals surface area contributed by atoms with Gasteiger partial charge in [0.2, 0.25) is 0 Å². The van der Waals surface area contributed by atoms with Gasteiger partial charge in [-0.25, -0.2) is 4.98 Å². The molecule has 4 nitrogen and oxygen atoms in total.